The topological polar surface area (TPSA) is 77.4 Å². The van der Waals surface area contributed by atoms with Crippen LogP contribution in [0.4, 0.5) is 17.8 Å². The number of aliphatic hydroxyl groups is 1. The van der Waals surface area contributed by atoms with Gasteiger partial charge in [-0.1, -0.05) is 0 Å². The van der Waals surface area contributed by atoms with E-state index in [-0.39, 0.29) is 6.10 Å². The molecule has 1 aliphatic rings. The average molecular weight is 294 g/mol. The second-order valence-electron chi connectivity index (χ2n) is 5.75. The minimum absolute atomic E-state index is 0.236. The lowest BCUT2D eigenvalue weighted by Gasteiger charge is -2.33. The van der Waals surface area contributed by atoms with Crippen LogP contribution in [0.25, 0.3) is 0 Å². The van der Waals surface area contributed by atoms with Crippen LogP contribution < -0.4 is 15.1 Å². The number of rotatable bonds is 5. The van der Waals surface area contributed by atoms with Gasteiger partial charge in [0.2, 0.25) is 17.8 Å². The summed E-state index contributed by atoms with van der Waals surface area (Å²) in [5.41, 5.74) is 0. The molecule has 1 aliphatic heterocycles. The molecule has 0 saturated carbocycles. The number of nitrogens with zero attached hydrogens (tertiary/aromatic N) is 5. The standard InChI is InChI=1S/C14H26N6O/c1-5-15-12-16-13(19(3)4)18-14(17-12)20-8-6-11(7-9-20)10(2)21/h10-11,21H,5-9H2,1-4H3,(H,15,16,17,18). The van der Waals surface area contributed by atoms with Crippen molar-refractivity contribution in [1.29, 1.82) is 0 Å². The normalized spacial score (nSPS) is 17.7. The molecule has 118 valence electrons. The van der Waals surface area contributed by atoms with Crippen LogP contribution in [0, 0.1) is 5.92 Å². The van der Waals surface area contributed by atoms with Crippen molar-refractivity contribution in [1.82, 2.24) is 15.0 Å². The van der Waals surface area contributed by atoms with E-state index in [4.69, 9.17) is 0 Å². The molecule has 1 aromatic rings. The van der Waals surface area contributed by atoms with E-state index < -0.39 is 0 Å². The van der Waals surface area contributed by atoms with E-state index in [0.29, 0.717) is 23.8 Å². The largest absolute Gasteiger partial charge is 0.393 e. The van der Waals surface area contributed by atoms with Crippen molar-refractivity contribution in [3.63, 3.8) is 0 Å². The van der Waals surface area contributed by atoms with Gasteiger partial charge in [-0.15, -0.1) is 0 Å². The molecule has 7 heteroatoms. The summed E-state index contributed by atoms with van der Waals surface area (Å²) in [4.78, 5) is 17.5. The summed E-state index contributed by atoms with van der Waals surface area (Å²) in [5, 5.41) is 12.8. The molecule has 1 aromatic heterocycles. The number of piperidine rings is 1. The molecule has 21 heavy (non-hydrogen) atoms. The smallest absolute Gasteiger partial charge is 0.231 e. The van der Waals surface area contributed by atoms with Crippen molar-refractivity contribution in [2.24, 2.45) is 5.92 Å². The first-order chi connectivity index (χ1) is 10.0. The van der Waals surface area contributed by atoms with Crippen molar-refractivity contribution in [2.45, 2.75) is 32.8 Å². The molecule has 0 amide bonds. The minimum Gasteiger partial charge on any atom is -0.393 e. The van der Waals surface area contributed by atoms with Crippen molar-refractivity contribution < 1.29 is 5.11 Å². The molecule has 7 nitrogen and oxygen atoms in total. The molecule has 0 aliphatic carbocycles. The van der Waals surface area contributed by atoms with Crippen molar-refractivity contribution in [2.75, 3.05) is 48.8 Å². The summed E-state index contributed by atoms with van der Waals surface area (Å²) in [6.07, 6.45) is 1.70. The maximum Gasteiger partial charge on any atom is 0.231 e. The summed E-state index contributed by atoms with van der Waals surface area (Å²) < 4.78 is 0. The monoisotopic (exact) mass is 294 g/mol. The number of aliphatic hydroxyl groups excluding tert-OH is 1. The SMILES string of the molecule is CCNc1nc(N(C)C)nc(N2CCC(C(C)O)CC2)n1. The number of anilines is 3. The van der Waals surface area contributed by atoms with Gasteiger partial charge in [0.15, 0.2) is 0 Å². The van der Waals surface area contributed by atoms with Gasteiger partial charge < -0.3 is 20.2 Å². The Morgan fingerprint density at radius 2 is 1.95 bits per heavy atom. The van der Waals surface area contributed by atoms with E-state index in [1.807, 2.05) is 32.8 Å². The van der Waals surface area contributed by atoms with Crippen LogP contribution in [0.5, 0.6) is 0 Å². The first-order valence-electron chi connectivity index (χ1n) is 7.61. The highest BCUT2D eigenvalue weighted by molar-refractivity contribution is 5.44. The molecule has 0 radical (unpaired) electrons. The Kier molecular flexibility index (Phi) is 5.17. The molecular weight excluding hydrogens is 268 g/mol. The van der Waals surface area contributed by atoms with Crippen LogP contribution in [-0.4, -0.2) is 59.9 Å². The predicted molar refractivity (Wildman–Crippen MR) is 84.9 cm³/mol. The van der Waals surface area contributed by atoms with Crippen LogP contribution >= 0.6 is 0 Å². The van der Waals surface area contributed by atoms with Gasteiger partial charge in [-0.3, -0.25) is 0 Å². The average Bonchev–Trinajstić information content (AvgIpc) is 2.47. The molecule has 0 spiro atoms. The van der Waals surface area contributed by atoms with Crippen LogP contribution in [0.1, 0.15) is 26.7 Å². The van der Waals surface area contributed by atoms with E-state index in [2.05, 4.69) is 25.2 Å². The second-order valence-corrected chi connectivity index (χ2v) is 5.75. The molecule has 1 atom stereocenters. The van der Waals surface area contributed by atoms with Crippen molar-refractivity contribution in [3.05, 3.63) is 0 Å². The fraction of sp³-hybridized carbons (Fsp3) is 0.786. The molecule has 2 N–H and O–H groups in total. The zero-order chi connectivity index (χ0) is 15.4. The van der Waals surface area contributed by atoms with Gasteiger partial charge in [-0.2, -0.15) is 15.0 Å². The van der Waals surface area contributed by atoms with Gasteiger partial charge in [-0.25, -0.2) is 0 Å². The van der Waals surface area contributed by atoms with Gasteiger partial charge in [-0.05, 0) is 32.6 Å². The molecule has 1 saturated heterocycles. The number of nitrogens with one attached hydrogen (secondary N) is 1. The lowest BCUT2D eigenvalue weighted by atomic mass is 9.92. The highest BCUT2D eigenvalue weighted by Crippen LogP contribution is 2.24. The molecule has 2 heterocycles. The zero-order valence-corrected chi connectivity index (χ0v) is 13.4. The first kappa shape index (κ1) is 15.8. The van der Waals surface area contributed by atoms with Crippen LogP contribution in [0.3, 0.4) is 0 Å². The fourth-order valence-electron chi connectivity index (χ4n) is 2.51. The van der Waals surface area contributed by atoms with Gasteiger partial charge in [0.05, 0.1) is 6.10 Å². The summed E-state index contributed by atoms with van der Waals surface area (Å²) in [5.74, 6) is 2.37. The summed E-state index contributed by atoms with van der Waals surface area (Å²) in [7, 11) is 3.85. The maximum absolute atomic E-state index is 9.69. The Hall–Kier alpha value is -1.63. The highest BCUT2D eigenvalue weighted by Gasteiger charge is 2.24. The maximum atomic E-state index is 9.69. The Morgan fingerprint density at radius 3 is 2.48 bits per heavy atom. The second kappa shape index (κ2) is 6.89. The van der Waals surface area contributed by atoms with E-state index in [1.165, 1.54) is 0 Å². The summed E-state index contributed by atoms with van der Waals surface area (Å²) in [6, 6.07) is 0. The van der Waals surface area contributed by atoms with E-state index in [0.717, 1.165) is 32.5 Å². The van der Waals surface area contributed by atoms with Crippen molar-refractivity contribution >= 4 is 17.8 Å². The Bertz CT molecular complexity index is 457. The van der Waals surface area contributed by atoms with Crippen LogP contribution in [-0.2, 0) is 0 Å². The van der Waals surface area contributed by atoms with Crippen LogP contribution in [0.15, 0.2) is 0 Å². The Balaban J connectivity index is 2.15. The third-order valence-electron chi connectivity index (χ3n) is 3.85. The van der Waals surface area contributed by atoms with Gasteiger partial charge in [0.1, 0.15) is 0 Å². The van der Waals surface area contributed by atoms with E-state index >= 15 is 0 Å². The van der Waals surface area contributed by atoms with E-state index in [1.54, 1.807) is 0 Å². The number of aromatic nitrogens is 3. The van der Waals surface area contributed by atoms with E-state index in [9.17, 15) is 5.11 Å². The lowest BCUT2D eigenvalue weighted by molar-refractivity contribution is 0.109. The Morgan fingerprint density at radius 1 is 1.29 bits per heavy atom. The van der Waals surface area contributed by atoms with Gasteiger partial charge in [0, 0.05) is 33.7 Å². The first-order valence-corrected chi connectivity index (χ1v) is 7.61. The molecule has 2 rings (SSSR count). The third-order valence-corrected chi connectivity index (χ3v) is 3.85. The number of hydrogen-bond donors (Lipinski definition) is 2. The van der Waals surface area contributed by atoms with Gasteiger partial charge in [0.25, 0.3) is 0 Å². The molecule has 0 aromatic carbocycles. The number of hydrogen-bond acceptors (Lipinski definition) is 7. The minimum atomic E-state index is -0.236. The summed E-state index contributed by atoms with van der Waals surface area (Å²) in [6.45, 7) is 6.42. The Labute approximate surface area is 126 Å². The molecule has 0 bridgehead atoms. The molecular formula is C14H26N6O. The lowest BCUT2D eigenvalue weighted by Crippen LogP contribution is -2.38. The quantitative estimate of drug-likeness (QED) is 0.837. The summed E-state index contributed by atoms with van der Waals surface area (Å²) >= 11 is 0. The molecule has 1 fully saturated rings. The highest BCUT2D eigenvalue weighted by atomic mass is 16.3. The van der Waals surface area contributed by atoms with Crippen molar-refractivity contribution in [3.8, 4) is 0 Å². The van der Waals surface area contributed by atoms with Crippen LogP contribution in [0.2, 0.25) is 0 Å². The predicted octanol–water partition coefficient (Wildman–Crippen LogP) is 0.967. The molecule has 1 unspecified atom stereocenters. The zero-order valence-electron chi connectivity index (χ0n) is 13.4. The fourth-order valence-corrected chi connectivity index (χ4v) is 2.51. The third kappa shape index (κ3) is 3.93. The van der Waals surface area contributed by atoms with Gasteiger partial charge >= 0.3 is 0 Å².